The lowest BCUT2D eigenvalue weighted by atomic mass is 10.3. The Balaban J connectivity index is 2.29. The van der Waals surface area contributed by atoms with Crippen LogP contribution in [0.15, 0.2) is 24.3 Å². The molecule has 0 atom stereocenters. The zero-order valence-electron chi connectivity index (χ0n) is 11.7. The maximum Gasteiger partial charge on any atom is 0.224 e. The van der Waals surface area contributed by atoms with Crippen molar-refractivity contribution in [1.29, 1.82) is 0 Å². The van der Waals surface area contributed by atoms with E-state index in [4.69, 9.17) is 16.3 Å². The zero-order valence-corrected chi connectivity index (χ0v) is 12.5. The van der Waals surface area contributed by atoms with Gasteiger partial charge in [-0.3, -0.25) is 0 Å². The van der Waals surface area contributed by atoms with Gasteiger partial charge in [0, 0.05) is 24.4 Å². The highest BCUT2D eigenvalue weighted by Gasteiger charge is 2.06. The van der Waals surface area contributed by atoms with Crippen molar-refractivity contribution in [3.63, 3.8) is 0 Å². The molecule has 1 aromatic carbocycles. The zero-order chi connectivity index (χ0) is 14.5. The molecule has 2 aromatic rings. The molecule has 6 heteroatoms. The molecule has 1 aromatic heterocycles. The Morgan fingerprint density at radius 1 is 1.25 bits per heavy atom. The molecule has 0 aliphatic heterocycles. The van der Waals surface area contributed by atoms with E-state index in [-0.39, 0.29) is 0 Å². The van der Waals surface area contributed by atoms with E-state index in [1.165, 1.54) is 0 Å². The van der Waals surface area contributed by atoms with Crippen molar-refractivity contribution in [2.75, 3.05) is 24.3 Å². The summed E-state index contributed by atoms with van der Waals surface area (Å²) >= 11 is 6.17. The van der Waals surface area contributed by atoms with Crippen molar-refractivity contribution in [2.24, 2.45) is 0 Å². The highest BCUT2D eigenvalue weighted by molar-refractivity contribution is 6.33. The van der Waals surface area contributed by atoms with Crippen LogP contribution in [0, 0.1) is 6.92 Å². The first-order valence-corrected chi connectivity index (χ1v) is 6.70. The van der Waals surface area contributed by atoms with Crippen molar-refractivity contribution in [3.8, 4) is 5.75 Å². The van der Waals surface area contributed by atoms with Gasteiger partial charge in [0.05, 0.1) is 17.8 Å². The number of benzene rings is 1. The quantitative estimate of drug-likeness (QED) is 0.881. The molecule has 2 rings (SSSR count). The number of nitrogens with zero attached hydrogens (tertiary/aromatic N) is 2. The van der Waals surface area contributed by atoms with Crippen molar-refractivity contribution in [2.45, 2.75) is 13.8 Å². The van der Waals surface area contributed by atoms with Gasteiger partial charge in [0.2, 0.25) is 5.95 Å². The van der Waals surface area contributed by atoms with Crippen LogP contribution in [0.25, 0.3) is 0 Å². The lowest BCUT2D eigenvalue weighted by molar-refractivity contribution is 0.415. The van der Waals surface area contributed by atoms with Crippen molar-refractivity contribution in [3.05, 3.63) is 35.0 Å². The number of methoxy groups -OCH3 is 1. The Hall–Kier alpha value is -2.01. The van der Waals surface area contributed by atoms with E-state index in [1.54, 1.807) is 13.2 Å². The molecule has 0 spiro atoms. The van der Waals surface area contributed by atoms with Crippen LogP contribution in [0.4, 0.5) is 17.5 Å². The number of hydrogen-bond donors (Lipinski definition) is 2. The van der Waals surface area contributed by atoms with Crippen LogP contribution < -0.4 is 15.4 Å². The van der Waals surface area contributed by atoms with Crippen LogP contribution in [-0.2, 0) is 0 Å². The minimum atomic E-state index is 0.592. The molecule has 5 nitrogen and oxygen atoms in total. The number of aromatic nitrogens is 2. The Kier molecular flexibility index (Phi) is 4.63. The number of hydrogen-bond acceptors (Lipinski definition) is 5. The summed E-state index contributed by atoms with van der Waals surface area (Å²) in [5.41, 5.74) is 1.61. The van der Waals surface area contributed by atoms with Crippen molar-refractivity contribution < 1.29 is 4.74 Å². The summed E-state index contributed by atoms with van der Waals surface area (Å²) in [5, 5.41) is 6.88. The summed E-state index contributed by atoms with van der Waals surface area (Å²) < 4.78 is 5.19. The van der Waals surface area contributed by atoms with E-state index in [0.717, 1.165) is 23.7 Å². The first-order valence-electron chi connectivity index (χ1n) is 6.32. The van der Waals surface area contributed by atoms with Crippen molar-refractivity contribution in [1.82, 2.24) is 9.97 Å². The first kappa shape index (κ1) is 14.4. The van der Waals surface area contributed by atoms with E-state index in [2.05, 4.69) is 20.6 Å². The predicted molar refractivity (Wildman–Crippen MR) is 82.2 cm³/mol. The minimum absolute atomic E-state index is 0.592. The number of rotatable bonds is 5. The summed E-state index contributed by atoms with van der Waals surface area (Å²) in [5.74, 6) is 2.01. The molecule has 0 unspecified atom stereocenters. The SMILES string of the molecule is CCNc1nc(C)cc(Nc2cc(OC)ccc2Cl)n1. The molecule has 20 heavy (non-hydrogen) atoms. The molecular formula is C14H17ClN4O. The monoisotopic (exact) mass is 292 g/mol. The van der Waals surface area contributed by atoms with Crippen LogP contribution in [0.3, 0.4) is 0 Å². The van der Waals surface area contributed by atoms with E-state index >= 15 is 0 Å². The summed E-state index contributed by atoms with van der Waals surface area (Å²) in [6.45, 7) is 4.68. The van der Waals surface area contributed by atoms with Gasteiger partial charge in [-0.05, 0) is 26.0 Å². The molecule has 106 valence electrons. The smallest absolute Gasteiger partial charge is 0.224 e. The average Bonchev–Trinajstić information content (AvgIpc) is 2.41. The molecule has 1 heterocycles. The van der Waals surface area contributed by atoms with Crippen molar-refractivity contribution >= 4 is 29.1 Å². The Morgan fingerprint density at radius 2 is 2.05 bits per heavy atom. The number of nitrogens with one attached hydrogen (secondary N) is 2. The summed E-state index contributed by atoms with van der Waals surface area (Å²) in [6.07, 6.45) is 0. The molecule has 2 N–H and O–H groups in total. The molecular weight excluding hydrogens is 276 g/mol. The number of aryl methyl sites for hydroxylation is 1. The Bertz CT molecular complexity index is 604. The number of halogens is 1. The second-order valence-corrected chi connectivity index (χ2v) is 4.63. The third kappa shape index (κ3) is 3.51. The highest BCUT2D eigenvalue weighted by atomic mass is 35.5. The van der Waals surface area contributed by atoms with Crippen LogP contribution >= 0.6 is 11.6 Å². The average molecular weight is 293 g/mol. The topological polar surface area (TPSA) is 59.1 Å². The molecule has 0 aliphatic carbocycles. The third-order valence-electron chi connectivity index (χ3n) is 2.63. The van der Waals surface area contributed by atoms with Gasteiger partial charge >= 0.3 is 0 Å². The number of ether oxygens (including phenoxy) is 1. The second-order valence-electron chi connectivity index (χ2n) is 4.22. The van der Waals surface area contributed by atoms with Gasteiger partial charge in [0.25, 0.3) is 0 Å². The molecule has 0 fully saturated rings. The largest absolute Gasteiger partial charge is 0.497 e. The standard InChI is InChI=1S/C14H17ClN4O/c1-4-16-14-17-9(2)7-13(19-14)18-12-8-10(20-3)5-6-11(12)15/h5-8H,4H2,1-3H3,(H2,16,17,18,19). The molecule has 0 amide bonds. The Labute approximate surface area is 123 Å². The van der Waals surface area contributed by atoms with Crippen LogP contribution in [0.2, 0.25) is 5.02 Å². The van der Waals surface area contributed by atoms with Gasteiger partial charge in [-0.1, -0.05) is 11.6 Å². The predicted octanol–water partition coefficient (Wildman–Crippen LogP) is 3.62. The fraction of sp³-hybridized carbons (Fsp3) is 0.286. The van der Waals surface area contributed by atoms with Gasteiger partial charge < -0.3 is 15.4 Å². The Morgan fingerprint density at radius 3 is 2.75 bits per heavy atom. The van der Waals surface area contributed by atoms with E-state index in [9.17, 15) is 0 Å². The first-order chi connectivity index (χ1) is 9.62. The van der Waals surface area contributed by atoms with Crippen LogP contribution in [0.5, 0.6) is 5.75 Å². The van der Waals surface area contributed by atoms with E-state index < -0.39 is 0 Å². The van der Waals surface area contributed by atoms with E-state index in [1.807, 2.05) is 32.0 Å². The molecule has 0 saturated heterocycles. The molecule has 0 bridgehead atoms. The molecule has 0 aliphatic rings. The fourth-order valence-corrected chi connectivity index (χ4v) is 1.90. The lowest BCUT2D eigenvalue weighted by Gasteiger charge is -2.11. The fourth-order valence-electron chi connectivity index (χ4n) is 1.73. The van der Waals surface area contributed by atoms with Gasteiger partial charge in [0.15, 0.2) is 0 Å². The lowest BCUT2D eigenvalue weighted by Crippen LogP contribution is -2.05. The molecule has 0 saturated carbocycles. The minimum Gasteiger partial charge on any atom is -0.497 e. The van der Waals surface area contributed by atoms with Crippen LogP contribution in [-0.4, -0.2) is 23.6 Å². The normalized spacial score (nSPS) is 10.2. The van der Waals surface area contributed by atoms with E-state index in [0.29, 0.717) is 16.8 Å². The summed E-state index contributed by atoms with van der Waals surface area (Å²) in [7, 11) is 1.62. The third-order valence-corrected chi connectivity index (χ3v) is 2.95. The highest BCUT2D eigenvalue weighted by Crippen LogP contribution is 2.29. The second kappa shape index (κ2) is 6.43. The molecule has 0 radical (unpaired) electrons. The van der Waals surface area contributed by atoms with Crippen LogP contribution in [0.1, 0.15) is 12.6 Å². The number of anilines is 3. The van der Waals surface area contributed by atoms with Gasteiger partial charge in [-0.25, -0.2) is 4.98 Å². The van der Waals surface area contributed by atoms with Gasteiger partial charge in [-0.2, -0.15) is 4.98 Å². The van der Waals surface area contributed by atoms with Gasteiger partial charge in [0.1, 0.15) is 11.6 Å². The maximum absolute atomic E-state index is 6.17. The summed E-state index contributed by atoms with van der Waals surface area (Å²) in [6, 6.07) is 7.27. The maximum atomic E-state index is 6.17. The summed E-state index contributed by atoms with van der Waals surface area (Å²) in [4.78, 5) is 8.68. The van der Waals surface area contributed by atoms with Gasteiger partial charge in [-0.15, -0.1) is 0 Å².